The molecule has 0 saturated heterocycles. The Bertz CT molecular complexity index is 128. The van der Waals surface area contributed by atoms with Gasteiger partial charge in [-0.2, -0.15) is 11.8 Å². The number of thioether (sulfide) groups is 1. The molecule has 0 aromatic carbocycles. The Morgan fingerprint density at radius 3 is 2.38 bits per heavy atom. The maximum atomic E-state index is 10.4. The lowest BCUT2D eigenvalue weighted by atomic mass is 10.1. The van der Waals surface area contributed by atoms with Gasteiger partial charge >= 0.3 is 0 Å². The third kappa shape index (κ3) is 11.8. The molecule has 0 rings (SSSR count). The van der Waals surface area contributed by atoms with Crippen molar-refractivity contribution in [2.24, 2.45) is 5.73 Å². The first-order valence-electron chi connectivity index (χ1n) is 5.13. The van der Waals surface area contributed by atoms with Gasteiger partial charge in [-0.3, -0.25) is 4.79 Å². The smallest absolute Gasteiger partial charge is 0.227 e. The number of nitrogens with two attached hydrogens (primary N) is 1. The molecule has 0 spiro atoms. The molecule has 0 radical (unpaired) electrons. The summed E-state index contributed by atoms with van der Waals surface area (Å²) in [5, 5.41) is 0. The monoisotopic (exact) mass is 203 g/mol. The fraction of sp³-hybridized carbons (Fsp3) is 0.900. The second kappa shape index (κ2) is 9.90. The maximum absolute atomic E-state index is 10.4. The second-order valence-corrected chi connectivity index (χ2v) is 4.39. The van der Waals surface area contributed by atoms with Gasteiger partial charge in [0.1, 0.15) is 0 Å². The van der Waals surface area contributed by atoms with E-state index in [0.29, 0.717) is 5.75 Å². The van der Waals surface area contributed by atoms with Crippen LogP contribution >= 0.6 is 11.8 Å². The zero-order valence-electron chi connectivity index (χ0n) is 8.55. The van der Waals surface area contributed by atoms with Crippen LogP contribution in [0.4, 0.5) is 0 Å². The lowest BCUT2D eigenvalue weighted by molar-refractivity contribution is -0.115. The molecule has 2 N–H and O–H groups in total. The molecule has 0 aliphatic rings. The van der Waals surface area contributed by atoms with Crippen LogP contribution in [0.15, 0.2) is 0 Å². The molecule has 78 valence electrons. The van der Waals surface area contributed by atoms with Gasteiger partial charge in [0, 0.05) is 0 Å². The van der Waals surface area contributed by atoms with Crippen molar-refractivity contribution in [2.45, 2.75) is 45.4 Å². The molecule has 0 aliphatic heterocycles. The molecular formula is C10H21NOS. The first-order chi connectivity index (χ1) is 6.27. The van der Waals surface area contributed by atoms with E-state index in [4.69, 9.17) is 5.73 Å². The highest BCUT2D eigenvalue weighted by Gasteiger charge is 1.94. The van der Waals surface area contributed by atoms with Crippen molar-refractivity contribution in [1.29, 1.82) is 0 Å². The van der Waals surface area contributed by atoms with E-state index in [-0.39, 0.29) is 5.91 Å². The number of hydrogen-bond donors (Lipinski definition) is 1. The lowest BCUT2D eigenvalue weighted by Crippen LogP contribution is -2.13. The molecule has 13 heavy (non-hydrogen) atoms. The van der Waals surface area contributed by atoms with Crippen molar-refractivity contribution in [3.63, 3.8) is 0 Å². The summed E-state index contributed by atoms with van der Waals surface area (Å²) < 4.78 is 0. The van der Waals surface area contributed by atoms with Gasteiger partial charge in [-0.1, -0.05) is 39.0 Å². The number of rotatable bonds is 9. The van der Waals surface area contributed by atoms with Crippen LogP contribution < -0.4 is 5.73 Å². The Hall–Kier alpha value is -0.180. The number of carbonyl (C=O) groups excluding carboxylic acids is 1. The second-order valence-electron chi connectivity index (χ2n) is 3.29. The normalized spacial score (nSPS) is 10.2. The van der Waals surface area contributed by atoms with E-state index in [9.17, 15) is 4.79 Å². The molecule has 0 aliphatic carbocycles. The highest BCUT2D eigenvalue weighted by Crippen LogP contribution is 2.08. The summed E-state index contributed by atoms with van der Waals surface area (Å²) in [4.78, 5) is 10.4. The molecule has 0 unspecified atom stereocenters. The Morgan fingerprint density at radius 1 is 1.15 bits per heavy atom. The quantitative estimate of drug-likeness (QED) is 0.585. The van der Waals surface area contributed by atoms with Crippen LogP contribution in [0.3, 0.4) is 0 Å². The molecule has 3 heteroatoms. The van der Waals surface area contributed by atoms with Crippen LogP contribution in [0, 0.1) is 0 Å². The van der Waals surface area contributed by atoms with E-state index in [1.807, 2.05) is 0 Å². The summed E-state index contributed by atoms with van der Waals surface area (Å²) in [6, 6.07) is 0. The fourth-order valence-corrected chi connectivity index (χ4v) is 1.91. The third-order valence-corrected chi connectivity index (χ3v) is 2.95. The molecule has 0 heterocycles. The number of amides is 1. The van der Waals surface area contributed by atoms with Gasteiger partial charge in [0.25, 0.3) is 0 Å². The Morgan fingerprint density at radius 2 is 1.77 bits per heavy atom. The zero-order valence-corrected chi connectivity index (χ0v) is 9.37. The van der Waals surface area contributed by atoms with Crippen molar-refractivity contribution in [1.82, 2.24) is 0 Å². The molecule has 0 fully saturated rings. The molecule has 0 atom stereocenters. The summed E-state index contributed by atoms with van der Waals surface area (Å²) in [7, 11) is 0. The van der Waals surface area contributed by atoms with Crippen molar-refractivity contribution >= 4 is 17.7 Å². The number of hydrogen-bond acceptors (Lipinski definition) is 2. The van der Waals surface area contributed by atoms with Gasteiger partial charge in [0.2, 0.25) is 5.91 Å². The van der Waals surface area contributed by atoms with Gasteiger partial charge in [-0.05, 0) is 12.2 Å². The van der Waals surface area contributed by atoms with E-state index in [0.717, 1.165) is 5.75 Å². The van der Waals surface area contributed by atoms with E-state index < -0.39 is 0 Å². The number of carbonyl (C=O) groups is 1. The number of unbranched alkanes of at least 4 members (excludes halogenated alkanes) is 5. The van der Waals surface area contributed by atoms with Gasteiger partial charge in [-0.15, -0.1) is 0 Å². The van der Waals surface area contributed by atoms with E-state index in [1.165, 1.54) is 38.5 Å². The largest absolute Gasteiger partial charge is 0.369 e. The summed E-state index contributed by atoms with van der Waals surface area (Å²) in [5.41, 5.74) is 5.01. The highest BCUT2D eigenvalue weighted by atomic mass is 32.2. The van der Waals surface area contributed by atoms with Gasteiger partial charge in [0.15, 0.2) is 0 Å². The van der Waals surface area contributed by atoms with Crippen LogP contribution in [0.1, 0.15) is 45.4 Å². The minimum atomic E-state index is -0.198. The highest BCUT2D eigenvalue weighted by molar-refractivity contribution is 7.99. The van der Waals surface area contributed by atoms with Crippen molar-refractivity contribution in [3.8, 4) is 0 Å². The topological polar surface area (TPSA) is 43.1 Å². The molecule has 0 aromatic heterocycles. The zero-order chi connectivity index (χ0) is 9.94. The van der Waals surface area contributed by atoms with Crippen LogP contribution in [0.5, 0.6) is 0 Å². The van der Waals surface area contributed by atoms with E-state index in [1.54, 1.807) is 11.8 Å². The van der Waals surface area contributed by atoms with Crippen LogP contribution in [0.25, 0.3) is 0 Å². The Balaban J connectivity index is 2.87. The SMILES string of the molecule is CCCCCCCCSCC(N)=O. The Labute approximate surface area is 85.6 Å². The van der Waals surface area contributed by atoms with Gasteiger partial charge in [-0.25, -0.2) is 0 Å². The molecule has 1 amide bonds. The molecule has 2 nitrogen and oxygen atoms in total. The molecular weight excluding hydrogens is 182 g/mol. The summed E-state index contributed by atoms with van der Waals surface area (Å²) in [6.07, 6.45) is 7.88. The predicted molar refractivity (Wildman–Crippen MR) is 59.9 cm³/mol. The average molecular weight is 203 g/mol. The third-order valence-electron chi connectivity index (χ3n) is 1.89. The summed E-state index contributed by atoms with van der Waals surface area (Å²) in [6.45, 7) is 2.22. The van der Waals surface area contributed by atoms with Crippen LogP contribution in [-0.4, -0.2) is 17.4 Å². The lowest BCUT2D eigenvalue weighted by Gasteiger charge is -1.99. The predicted octanol–water partition coefficient (Wildman–Crippen LogP) is 2.57. The summed E-state index contributed by atoms with van der Waals surface area (Å²) >= 11 is 1.65. The minimum Gasteiger partial charge on any atom is -0.369 e. The van der Waals surface area contributed by atoms with Gasteiger partial charge < -0.3 is 5.73 Å². The first-order valence-corrected chi connectivity index (χ1v) is 6.29. The van der Waals surface area contributed by atoms with E-state index in [2.05, 4.69) is 6.92 Å². The van der Waals surface area contributed by atoms with E-state index >= 15 is 0 Å². The molecule has 0 aromatic rings. The maximum Gasteiger partial charge on any atom is 0.227 e. The standard InChI is InChI=1S/C10H21NOS/c1-2-3-4-5-6-7-8-13-9-10(11)12/h2-9H2,1H3,(H2,11,12). The summed E-state index contributed by atoms with van der Waals surface area (Å²) in [5.74, 6) is 1.36. The van der Waals surface area contributed by atoms with Crippen molar-refractivity contribution < 1.29 is 4.79 Å². The van der Waals surface area contributed by atoms with Crippen molar-refractivity contribution in [2.75, 3.05) is 11.5 Å². The van der Waals surface area contributed by atoms with Gasteiger partial charge in [0.05, 0.1) is 5.75 Å². The Kier molecular flexibility index (Phi) is 9.77. The molecule has 0 bridgehead atoms. The fourth-order valence-electron chi connectivity index (χ4n) is 1.16. The van der Waals surface area contributed by atoms with Crippen molar-refractivity contribution in [3.05, 3.63) is 0 Å². The first kappa shape index (κ1) is 12.8. The number of primary amides is 1. The average Bonchev–Trinajstić information content (AvgIpc) is 2.09. The molecule has 0 saturated carbocycles. The minimum absolute atomic E-state index is 0.198. The van der Waals surface area contributed by atoms with Crippen LogP contribution in [-0.2, 0) is 4.79 Å². The van der Waals surface area contributed by atoms with Crippen LogP contribution in [0.2, 0.25) is 0 Å².